The van der Waals surface area contributed by atoms with Crippen molar-refractivity contribution in [2.75, 3.05) is 0 Å². The number of benzene rings is 2. The van der Waals surface area contributed by atoms with Crippen molar-refractivity contribution in [2.45, 2.75) is 20.0 Å². The molecule has 2 aromatic carbocycles. The molecule has 0 radical (unpaired) electrons. The van der Waals surface area contributed by atoms with E-state index in [2.05, 4.69) is 45.8 Å². The van der Waals surface area contributed by atoms with Crippen LogP contribution in [-0.2, 0) is 24.9 Å². The molecular weight excluding hydrogens is 422 g/mol. The van der Waals surface area contributed by atoms with Gasteiger partial charge in [0, 0.05) is 37.6 Å². The van der Waals surface area contributed by atoms with Crippen LogP contribution in [0.3, 0.4) is 0 Å². The van der Waals surface area contributed by atoms with Crippen LogP contribution in [0, 0.1) is 6.92 Å². The summed E-state index contributed by atoms with van der Waals surface area (Å²) in [6, 6.07) is 18.4. The first-order chi connectivity index (χ1) is 15.5. The second-order valence-corrected chi connectivity index (χ2v) is 7.88. The van der Waals surface area contributed by atoms with Gasteiger partial charge >= 0.3 is 0 Å². The van der Waals surface area contributed by atoms with E-state index in [1.54, 1.807) is 24.0 Å². The highest BCUT2D eigenvalue weighted by Crippen LogP contribution is 2.24. The second-order valence-electron chi connectivity index (χ2n) is 7.52. The molecule has 0 saturated carbocycles. The number of nitrogens with zero attached hydrogens (tertiary/aromatic N) is 4. The third-order valence-corrected chi connectivity index (χ3v) is 5.68. The van der Waals surface area contributed by atoms with E-state index in [-0.39, 0.29) is 5.91 Å². The summed E-state index contributed by atoms with van der Waals surface area (Å²) in [5.74, 6) is -0.186. The average Bonchev–Trinajstić information content (AvgIpc) is 3.39. The largest absolute Gasteiger partial charge is 0.348 e. The maximum Gasteiger partial charge on any atom is 0.244 e. The minimum absolute atomic E-state index is 0.186. The Hall–Kier alpha value is -3.64. The molecule has 0 aliphatic rings. The topological polar surface area (TPSA) is 64.7 Å². The summed E-state index contributed by atoms with van der Waals surface area (Å²) in [6.07, 6.45) is 6.91. The monoisotopic (exact) mass is 445 g/mol. The summed E-state index contributed by atoms with van der Waals surface area (Å²) in [6.45, 7) is 3.02. The van der Waals surface area contributed by atoms with Gasteiger partial charge in [0.15, 0.2) is 0 Å². The Balaban J connectivity index is 1.43. The van der Waals surface area contributed by atoms with Crippen molar-refractivity contribution in [2.24, 2.45) is 7.05 Å². The van der Waals surface area contributed by atoms with Gasteiger partial charge in [0.05, 0.1) is 12.2 Å². The molecule has 0 aliphatic carbocycles. The summed E-state index contributed by atoms with van der Waals surface area (Å²) in [7, 11) is 1.77. The first-order valence-electron chi connectivity index (χ1n) is 10.3. The molecule has 0 aliphatic heterocycles. The van der Waals surface area contributed by atoms with E-state index >= 15 is 0 Å². The standard InChI is InChI=1S/C25H24ClN5O/c1-18-22(25(26)30(2)29-18)12-13-24(32)27-16-21-6-3-4-7-23(21)20-10-8-19(9-11-20)17-31-15-5-14-28-31/h3-15H,16-17H2,1-2H3,(H,27,32)/b13-12+. The van der Waals surface area contributed by atoms with E-state index in [1.165, 1.54) is 11.6 Å². The average molecular weight is 446 g/mol. The van der Waals surface area contributed by atoms with Gasteiger partial charge in [0.1, 0.15) is 5.15 Å². The SMILES string of the molecule is Cc1nn(C)c(Cl)c1/C=C/C(=O)NCc1ccccc1-c1ccc(Cn2cccn2)cc1. The molecule has 0 fully saturated rings. The molecule has 2 heterocycles. The first-order valence-corrected chi connectivity index (χ1v) is 10.7. The lowest BCUT2D eigenvalue weighted by atomic mass is 9.98. The Morgan fingerprint density at radius 2 is 1.91 bits per heavy atom. The number of amides is 1. The maximum absolute atomic E-state index is 12.4. The molecule has 7 heteroatoms. The van der Waals surface area contributed by atoms with E-state index < -0.39 is 0 Å². The molecule has 0 saturated heterocycles. The van der Waals surface area contributed by atoms with E-state index in [0.717, 1.165) is 34.5 Å². The summed E-state index contributed by atoms with van der Waals surface area (Å²) in [4.78, 5) is 12.4. The fraction of sp³-hybridized carbons (Fsp3) is 0.160. The zero-order valence-electron chi connectivity index (χ0n) is 18.0. The Morgan fingerprint density at radius 3 is 2.59 bits per heavy atom. The molecule has 6 nitrogen and oxygen atoms in total. The molecule has 0 atom stereocenters. The summed E-state index contributed by atoms with van der Waals surface area (Å²) < 4.78 is 3.48. The molecular formula is C25H24ClN5O. The molecule has 0 spiro atoms. The Kier molecular flexibility index (Phi) is 6.52. The zero-order valence-corrected chi connectivity index (χ0v) is 18.8. The molecule has 4 rings (SSSR count). The van der Waals surface area contributed by atoms with E-state index in [1.807, 2.05) is 42.1 Å². The van der Waals surface area contributed by atoms with Gasteiger partial charge < -0.3 is 5.32 Å². The van der Waals surface area contributed by atoms with Crippen molar-refractivity contribution in [3.8, 4) is 11.1 Å². The number of aryl methyl sites for hydroxylation is 2. The lowest BCUT2D eigenvalue weighted by Gasteiger charge is -2.11. The van der Waals surface area contributed by atoms with Gasteiger partial charge in [-0.25, -0.2) is 0 Å². The smallest absolute Gasteiger partial charge is 0.244 e. The highest BCUT2D eigenvalue weighted by atomic mass is 35.5. The number of hydrogen-bond donors (Lipinski definition) is 1. The number of rotatable bonds is 7. The Bertz CT molecular complexity index is 1240. The van der Waals surface area contributed by atoms with Gasteiger partial charge in [0.2, 0.25) is 5.91 Å². The van der Waals surface area contributed by atoms with Gasteiger partial charge in [-0.2, -0.15) is 10.2 Å². The fourth-order valence-corrected chi connectivity index (χ4v) is 3.80. The Morgan fingerprint density at radius 1 is 1.12 bits per heavy atom. The van der Waals surface area contributed by atoms with Crippen LogP contribution >= 0.6 is 11.6 Å². The molecule has 2 aromatic heterocycles. The van der Waals surface area contributed by atoms with Gasteiger partial charge in [-0.15, -0.1) is 0 Å². The van der Waals surface area contributed by atoms with Crippen LogP contribution in [0.25, 0.3) is 17.2 Å². The molecule has 1 amide bonds. The van der Waals surface area contributed by atoms with E-state index in [9.17, 15) is 4.79 Å². The number of nitrogens with one attached hydrogen (secondary N) is 1. The normalized spacial score (nSPS) is 11.2. The quantitative estimate of drug-likeness (QED) is 0.422. The van der Waals surface area contributed by atoms with Crippen LogP contribution < -0.4 is 5.32 Å². The molecule has 32 heavy (non-hydrogen) atoms. The van der Waals surface area contributed by atoms with Crippen molar-refractivity contribution >= 4 is 23.6 Å². The van der Waals surface area contributed by atoms with Crippen molar-refractivity contribution in [1.29, 1.82) is 0 Å². The fourth-order valence-electron chi connectivity index (χ4n) is 3.56. The van der Waals surface area contributed by atoms with Crippen molar-refractivity contribution in [3.05, 3.63) is 101 Å². The predicted octanol–water partition coefficient (Wildman–Crippen LogP) is 4.62. The lowest BCUT2D eigenvalue weighted by molar-refractivity contribution is -0.116. The number of halogens is 1. The summed E-state index contributed by atoms with van der Waals surface area (Å²) in [5.41, 5.74) is 5.95. The third-order valence-electron chi connectivity index (χ3n) is 5.24. The van der Waals surface area contributed by atoms with Crippen LogP contribution in [0.5, 0.6) is 0 Å². The minimum Gasteiger partial charge on any atom is -0.348 e. The number of hydrogen-bond acceptors (Lipinski definition) is 3. The van der Waals surface area contributed by atoms with Gasteiger partial charge in [-0.1, -0.05) is 60.1 Å². The molecule has 1 N–H and O–H groups in total. The van der Waals surface area contributed by atoms with Crippen LogP contribution in [0.4, 0.5) is 0 Å². The summed E-state index contributed by atoms with van der Waals surface area (Å²) in [5, 5.41) is 12.0. The summed E-state index contributed by atoms with van der Waals surface area (Å²) >= 11 is 6.22. The molecule has 0 bridgehead atoms. The van der Waals surface area contributed by atoms with Gasteiger partial charge in [0.25, 0.3) is 0 Å². The van der Waals surface area contributed by atoms with Crippen LogP contribution in [0.15, 0.2) is 73.1 Å². The van der Waals surface area contributed by atoms with E-state index in [4.69, 9.17) is 11.6 Å². The van der Waals surface area contributed by atoms with Crippen LogP contribution in [0.2, 0.25) is 5.15 Å². The van der Waals surface area contributed by atoms with Gasteiger partial charge in [-0.05, 0) is 41.3 Å². The lowest BCUT2D eigenvalue weighted by Crippen LogP contribution is -2.20. The maximum atomic E-state index is 12.4. The second kappa shape index (κ2) is 9.66. The van der Waals surface area contributed by atoms with Crippen molar-refractivity contribution in [1.82, 2.24) is 24.9 Å². The van der Waals surface area contributed by atoms with Gasteiger partial charge in [-0.3, -0.25) is 14.2 Å². The number of aromatic nitrogens is 4. The van der Waals surface area contributed by atoms with E-state index in [0.29, 0.717) is 11.7 Å². The first kappa shape index (κ1) is 21.6. The Labute approximate surface area is 192 Å². The number of carbonyl (C=O) groups excluding carboxylic acids is 1. The van der Waals surface area contributed by atoms with Crippen molar-refractivity contribution < 1.29 is 4.79 Å². The van der Waals surface area contributed by atoms with Crippen LogP contribution in [-0.4, -0.2) is 25.5 Å². The molecule has 4 aromatic rings. The molecule has 162 valence electrons. The molecule has 0 unspecified atom stereocenters. The zero-order chi connectivity index (χ0) is 22.5. The highest BCUT2D eigenvalue weighted by Gasteiger charge is 2.09. The van der Waals surface area contributed by atoms with Crippen LogP contribution in [0.1, 0.15) is 22.4 Å². The number of carbonyl (C=O) groups is 1. The minimum atomic E-state index is -0.186. The van der Waals surface area contributed by atoms with Crippen molar-refractivity contribution in [3.63, 3.8) is 0 Å². The highest BCUT2D eigenvalue weighted by molar-refractivity contribution is 6.31. The third kappa shape index (κ3) is 4.98. The predicted molar refractivity (Wildman–Crippen MR) is 127 cm³/mol.